The lowest BCUT2D eigenvalue weighted by molar-refractivity contribution is -0.131. The summed E-state index contributed by atoms with van der Waals surface area (Å²) in [6.07, 6.45) is 0.163. The second-order valence-corrected chi connectivity index (χ2v) is 5.56. The number of nitrogens with zero attached hydrogens (tertiary/aromatic N) is 1. The minimum Gasteiger partial charge on any atom is -0.370 e. The molecule has 0 aliphatic carbocycles. The molecule has 0 spiro atoms. The molecule has 1 heterocycles. The van der Waals surface area contributed by atoms with E-state index in [0.717, 1.165) is 10.7 Å². The predicted octanol–water partition coefficient (Wildman–Crippen LogP) is -0.524. The number of amides is 3. The molecule has 0 saturated heterocycles. The average molecular weight is 298 g/mol. The number of rotatable bonds is 7. The average Bonchev–Trinajstić information content (AvgIpc) is 2.72. The van der Waals surface area contributed by atoms with Gasteiger partial charge in [0.1, 0.15) is 6.04 Å². The zero-order valence-corrected chi connectivity index (χ0v) is 12.2. The lowest BCUT2D eigenvalue weighted by atomic mass is 10.1. The molecular formula is C12H18N4O3S. The molecule has 0 bridgehead atoms. The Morgan fingerprint density at radius 3 is 2.50 bits per heavy atom. The topological polar surface area (TPSA) is 128 Å². The number of primary amides is 2. The smallest absolute Gasteiger partial charge is 0.240 e. The number of hydrogen-bond acceptors (Lipinski definition) is 5. The molecule has 2 atom stereocenters. The number of aromatic nitrogens is 1. The maximum atomic E-state index is 12.0. The van der Waals surface area contributed by atoms with Crippen LogP contribution in [0, 0.1) is 12.8 Å². The number of nitrogens with two attached hydrogens (primary N) is 2. The van der Waals surface area contributed by atoms with Crippen molar-refractivity contribution in [2.24, 2.45) is 17.4 Å². The van der Waals surface area contributed by atoms with Gasteiger partial charge in [-0.1, -0.05) is 6.92 Å². The first-order chi connectivity index (χ1) is 9.29. The van der Waals surface area contributed by atoms with Crippen LogP contribution >= 0.6 is 11.3 Å². The van der Waals surface area contributed by atoms with Crippen LogP contribution in [0.15, 0.2) is 5.38 Å². The Hall–Kier alpha value is -1.96. The molecule has 1 aromatic rings. The molecule has 7 nitrogen and oxygen atoms in total. The first-order valence-electron chi connectivity index (χ1n) is 6.08. The third-order valence-electron chi connectivity index (χ3n) is 2.66. The van der Waals surface area contributed by atoms with Crippen LogP contribution in [0.2, 0.25) is 0 Å². The Kier molecular flexibility index (Phi) is 5.63. The molecular weight excluding hydrogens is 280 g/mol. The van der Waals surface area contributed by atoms with E-state index in [2.05, 4.69) is 10.3 Å². The lowest BCUT2D eigenvalue weighted by Crippen LogP contribution is -2.48. The van der Waals surface area contributed by atoms with Gasteiger partial charge in [0.2, 0.25) is 17.7 Å². The zero-order valence-electron chi connectivity index (χ0n) is 11.4. The third-order valence-corrected chi connectivity index (χ3v) is 3.65. The van der Waals surface area contributed by atoms with Gasteiger partial charge in [-0.2, -0.15) is 0 Å². The molecule has 20 heavy (non-hydrogen) atoms. The predicted molar refractivity (Wildman–Crippen MR) is 74.7 cm³/mol. The Balaban J connectivity index is 2.59. The number of thiazole rings is 1. The summed E-state index contributed by atoms with van der Waals surface area (Å²) in [6, 6.07) is -1.07. The largest absolute Gasteiger partial charge is 0.370 e. The number of carbonyl (C=O) groups is 3. The van der Waals surface area contributed by atoms with E-state index in [-0.39, 0.29) is 18.2 Å². The SMILES string of the molecule is Cc1csc(CC(C)C(=O)NC(CC(N)=O)C(N)=O)n1. The van der Waals surface area contributed by atoms with Gasteiger partial charge in [0.15, 0.2) is 0 Å². The highest BCUT2D eigenvalue weighted by atomic mass is 32.1. The maximum Gasteiger partial charge on any atom is 0.240 e. The molecule has 0 saturated carbocycles. The number of carbonyl (C=O) groups excluding carboxylic acids is 3. The van der Waals surface area contributed by atoms with Gasteiger partial charge in [-0.3, -0.25) is 14.4 Å². The zero-order chi connectivity index (χ0) is 15.3. The first kappa shape index (κ1) is 16.1. The summed E-state index contributed by atoms with van der Waals surface area (Å²) in [5.41, 5.74) is 11.0. The molecule has 2 unspecified atom stereocenters. The van der Waals surface area contributed by atoms with Crippen LogP contribution in [0.25, 0.3) is 0 Å². The van der Waals surface area contributed by atoms with E-state index in [9.17, 15) is 14.4 Å². The monoisotopic (exact) mass is 298 g/mol. The van der Waals surface area contributed by atoms with Gasteiger partial charge in [0.25, 0.3) is 0 Å². The summed E-state index contributed by atoms with van der Waals surface area (Å²) in [5, 5.41) is 5.18. The normalized spacial score (nSPS) is 13.5. The van der Waals surface area contributed by atoms with Crippen LogP contribution < -0.4 is 16.8 Å². The fraction of sp³-hybridized carbons (Fsp3) is 0.500. The number of nitrogens with one attached hydrogen (secondary N) is 1. The Morgan fingerprint density at radius 2 is 2.05 bits per heavy atom. The van der Waals surface area contributed by atoms with Gasteiger partial charge in [-0.25, -0.2) is 4.98 Å². The van der Waals surface area contributed by atoms with E-state index >= 15 is 0 Å². The van der Waals surface area contributed by atoms with Crippen LogP contribution in [0.1, 0.15) is 24.0 Å². The van der Waals surface area contributed by atoms with Crippen LogP contribution in [0.4, 0.5) is 0 Å². The lowest BCUT2D eigenvalue weighted by Gasteiger charge is -2.16. The fourth-order valence-electron chi connectivity index (χ4n) is 1.59. The number of aryl methyl sites for hydroxylation is 1. The second-order valence-electron chi connectivity index (χ2n) is 4.62. The van der Waals surface area contributed by atoms with E-state index in [1.54, 1.807) is 6.92 Å². The van der Waals surface area contributed by atoms with Crippen molar-refractivity contribution in [3.63, 3.8) is 0 Å². The van der Waals surface area contributed by atoms with Crippen molar-refractivity contribution >= 4 is 29.1 Å². The van der Waals surface area contributed by atoms with E-state index < -0.39 is 17.9 Å². The minimum absolute atomic E-state index is 0.301. The van der Waals surface area contributed by atoms with Crippen LogP contribution in [-0.2, 0) is 20.8 Å². The molecule has 0 aromatic carbocycles. The molecule has 0 aliphatic heterocycles. The van der Waals surface area contributed by atoms with Crippen LogP contribution in [0.3, 0.4) is 0 Å². The summed E-state index contributed by atoms with van der Waals surface area (Å²) in [4.78, 5) is 38.2. The minimum atomic E-state index is -1.07. The molecule has 8 heteroatoms. The molecule has 110 valence electrons. The van der Waals surface area contributed by atoms with Crippen molar-refractivity contribution in [1.82, 2.24) is 10.3 Å². The van der Waals surface area contributed by atoms with Crippen molar-refractivity contribution in [1.29, 1.82) is 0 Å². The highest BCUT2D eigenvalue weighted by molar-refractivity contribution is 7.09. The van der Waals surface area contributed by atoms with Crippen LogP contribution in [0.5, 0.6) is 0 Å². The van der Waals surface area contributed by atoms with E-state index in [1.165, 1.54) is 11.3 Å². The van der Waals surface area contributed by atoms with Gasteiger partial charge < -0.3 is 16.8 Å². The van der Waals surface area contributed by atoms with Crippen molar-refractivity contribution in [2.45, 2.75) is 32.7 Å². The maximum absolute atomic E-state index is 12.0. The van der Waals surface area contributed by atoms with E-state index in [0.29, 0.717) is 6.42 Å². The third kappa shape index (κ3) is 4.96. The molecule has 1 aromatic heterocycles. The van der Waals surface area contributed by atoms with Gasteiger partial charge in [0, 0.05) is 23.4 Å². The van der Waals surface area contributed by atoms with Crippen molar-refractivity contribution in [3.05, 3.63) is 16.1 Å². The molecule has 0 radical (unpaired) electrons. The Labute approximate surface area is 120 Å². The van der Waals surface area contributed by atoms with Crippen molar-refractivity contribution < 1.29 is 14.4 Å². The second kappa shape index (κ2) is 6.99. The van der Waals surface area contributed by atoms with Crippen molar-refractivity contribution in [2.75, 3.05) is 0 Å². The fourth-order valence-corrected chi connectivity index (χ4v) is 2.49. The van der Waals surface area contributed by atoms with Crippen molar-refractivity contribution in [3.8, 4) is 0 Å². The summed E-state index contributed by atoms with van der Waals surface area (Å²) < 4.78 is 0. The Bertz CT molecular complexity index is 515. The summed E-state index contributed by atoms with van der Waals surface area (Å²) in [5.74, 6) is -2.22. The Morgan fingerprint density at radius 1 is 1.40 bits per heavy atom. The number of hydrogen-bond donors (Lipinski definition) is 3. The molecule has 1 rings (SSSR count). The van der Waals surface area contributed by atoms with Gasteiger partial charge in [-0.05, 0) is 6.92 Å². The first-order valence-corrected chi connectivity index (χ1v) is 6.96. The van der Waals surface area contributed by atoms with Gasteiger partial charge in [-0.15, -0.1) is 11.3 Å². The van der Waals surface area contributed by atoms with E-state index in [1.807, 2.05) is 12.3 Å². The molecule has 5 N–H and O–H groups in total. The highest BCUT2D eigenvalue weighted by Gasteiger charge is 2.23. The molecule has 0 aliphatic rings. The molecule has 0 fully saturated rings. The highest BCUT2D eigenvalue weighted by Crippen LogP contribution is 2.14. The summed E-state index contributed by atoms with van der Waals surface area (Å²) in [6.45, 7) is 3.59. The van der Waals surface area contributed by atoms with Gasteiger partial charge in [0.05, 0.1) is 11.4 Å². The van der Waals surface area contributed by atoms with Gasteiger partial charge >= 0.3 is 0 Å². The van der Waals surface area contributed by atoms with Crippen LogP contribution in [-0.4, -0.2) is 28.7 Å². The van der Waals surface area contributed by atoms with E-state index in [4.69, 9.17) is 11.5 Å². The summed E-state index contributed by atoms with van der Waals surface area (Å²) in [7, 11) is 0. The summed E-state index contributed by atoms with van der Waals surface area (Å²) >= 11 is 1.47. The standard InChI is InChI=1S/C12H18N4O3S/c1-6(3-10-15-7(2)5-20-10)12(19)16-8(11(14)18)4-9(13)17/h5-6,8H,3-4H2,1-2H3,(H2,13,17)(H2,14,18)(H,16,19). The molecule has 3 amide bonds. The quantitative estimate of drug-likeness (QED) is 0.625.